The van der Waals surface area contributed by atoms with Gasteiger partial charge < -0.3 is 11.1 Å². The maximum Gasteiger partial charge on any atom is 0.255 e. The third-order valence-corrected chi connectivity index (χ3v) is 4.25. The number of hydrogen-bond donors (Lipinski definition) is 2. The van der Waals surface area contributed by atoms with Crippen LogP contribution >= 0.6 is 0 Å². The number of aromatic nitrogens is 2. The highest BCUT2D eigenvalue weighted by atomic mass is 16.2. The lowest BCUT2D eigenvalue weighted by Gasteiger charge is -2.07. The smallest absolute Gasteiger partial charge is 0.255 e. The maximum absolute atomic E-state index is 12.6. The molecule has 3 rings (SSSR count). The zero-order valence-corrected chi connectivity index (χ0v) is 15.3. The molecule has 138 valence electrons. The number of carbonyl (C=O) groups is 2. The number of primary amides is 1. The van der Waals surface area contributed by atoms with E-state index in [0.717, 1.165) is 11.3 Å². The van der Waals surface area contributed by atoms with Crippen LogP contribution in [-0.4, -0.2) is 28.1 Å². The van der Waals surface area contributed by atoms with E-state index >= 15 is 0 Å². The Morgan fingerprint density at radius 1 is 1.07 bits per heavy atom. The average molecular weight is 362 g/mol. The van der Waals surface area contributed by atoms with Crippen molar-refractivity contribution in [2.75, 3.05) is 6.54 Å². The molecule has 0 saturated carbocycles. The van der Waals surface area contributed by atoms with Crippen LogP contribution in [0.1, 0.15) is 35.7 Å². The van der Waals surface area contributed by atoms with Gasteiger partial charge in [0.1, 0.15) is 5.69 Å². The number of benzene rings is 2. The van der Waals surface area contributed by atoms with Crippen LogP contribution in [0, 0.1) is 0 Å². The van der Waals surface area contributed by atoms with Crippen molar-refractivity contribution in [1.29, 1.82) is 0 Å². The van der Waals surface area contributed by atoms with Gasteiger partial charge in [-0.3, -0.25) is 9.59 Å². The topological polar surface area (TPSA) is 90.0 Å². The van der Waals surface area contributed by atoms with Crippen LogP contribution < -0.4 is 11.1 Å². The van der Waals surface area contributed by atoms with Gasteiger partial charge in [0.2, 0.25) is 5.91 Å². The fourth-order valence-electron chi connectivity index (χ4n) is 2.75. The van der Waals surface area contributed by atoms with Crippen LogP contribution in [0.5, 0.6) is 0 Å². The molecule has 0 unspecified atom stereocenters. The maximum atomic E-state index is 12.6. The van der Waals surface area contributed by atoms with Crippen LogP contribution in [0.2, 0.25) is 0 Å². The monoisotopic (exact) mass is 362 g/mol. The Balaban J connectivity index is 2.03. The minimum atomic E-state index is -0.596. The Bertz CT molecular complexity index is 944. The molecule has 0 bridgehead atoms. The van der Waals surface area contributed by atoms with Crippen molar-refractivity contribution in [2.45, 2.75) is 19.8 Å². The molecule has 2 amide bonds. The van der Waals surface area contributed by atoms with Crippen molar-refractivity contribution in [3.63, 3.8) is 0 Å². The van der Waals surface area contributed by atoms with E-state index in [9.17, 15) is 9.59 Å². The molecule has 3 N–H and O–H groups in total. The van der Waals surface area contributed by atoms with Gasteiger partial charge in [-0.05, 0) is 23.6 Å². The van der Waals surface area contributed by atoms with Crippen molar-refractivity contribution in [2.24, 2.45) is 5.73 Å². The van der Waals surface area contributed by atoms with E-state index in [1.54, 1.807) is 10.9 Å². The molecule has 0 fully saturated rings. The number of rotatable bonds is 6. The van der Waals surface area contributed by atoms with Gasteiger partial charge in [-0.1, -0.05) is 56.3 Å². The molecule has 0 radical (unpaired) electrons. The molecule has 6 nitrogen and oxygen atoms in total. The average Bonchev–Trinajstić information content (AvgIpc) is 3.12. The summed E-state index contributed by atoms with van der Waals surface area (Å²) in [5.41, 5.74) is 8.95. The molecule has 0 aliphatic carbocycles. The molecule has 3 aromatic rings. The highest BCUT2D eigenvalue weighted by Crippen LogP contribution is 2.26. The van der Waals surface area contributed by atoms with Crippen molar-refractivity contribution in [1.82, 2.24) is 15.1 Å². The highest BCUT2D eigenvalue weighted by Gasteiger charge is 2.19. The van der Waals surface area contributed by atoms with Crippen LogP contribution in [-0.2, 0) is 4.79 Å². The molecule has 0 aliphatic heterocycles. The van der Waals surface area contributed by atoms with Crippen LogP contribution in [0.3, 0.4) is 0 Å². The first-order chi connectivity index (χ1) is 13.0. The van der Waals surface area contributed by atoms with E-state index in [2.05, 4.69) is 24.3 Å². The van der Waals surface area contributed by atoms with Crippen LogP contribution in [0.4, 0.5) is 0 Å². The van der Waals surface area contributed by atoms with Gasteiger partial charge in [-0.2, -0.15) is 5.10 Å². The summed E-state index contributed by atoms with van der Waals surface area (Å²) in [5.74, 6) is -0.570. The second-order valence-corrected chi connectivity index (χ2v) is 6.60. The minimum absolute atomic E-state index is 0.221. The van der Waals surface area contributed by atoms with Crippen LogP contribution in [0.15, 0.2) is 60.8 Å². The second-order valence-electron chi connectivity index (χ2n) is 6.60. The summed E-state index contributed by atoms with van der Waals surface area (Å²) in [5, 5.41) is 7.15. The van der Waals surface area contributed by atoms with E-state index in [1.165, 1.54) is 5.56 Å². The summed E-state index contributed by atoms with van der Waals surface area (Å²) in [7, 11) is 0. The molecule has 1 heterocycles. The number of para-hydroxylation sites is 1. The zero-order valence-electron chi connectivity index (χ0n) is 15.3. The number of carbonyl (C=O) groups excluding carboxylic acids is 2. The molecule has 6 heteroatoms. The lowest BCUT2D eigenvalue weighted by molar-refractivity contribution is -0.117. The van der Waals surface area contributed by atoms with Gasteiger partial charge in [0.05, 0.1) is 17.8 Å². The molecule has 0 aliphatic rings. The summed E-state index contributed by atoms with van der Waals surface area (Å²) >= 11 is 0. The fraction of sp³-hybridized carbons (Fsp3) is 0.190. The van der Waals surface area contributed by atoms with Gasteiger partial charge in [-0.15, -0.1) is 0 Å². The predicted octanol–water partition coefficient (Wildman–Crippen LogP) is 2.88. The number of amides is 2. The van der Waals surface area contributed by atoms with Crippen molar-refractivity contribution in [3.8, 4) is 16.9 Å². The summed E-state index contributed by atoms with van der Waals surface area (Å²) in [6, 6.07) is 17.5. The van der Waals surface area contributed by atoms with Gasteiger partial charge in [0, 0.05) is 11.8 Å². The third kappa shape index (κ3) is 4.23. The van der Waals surface area contributed by atoms with E-state index in [4.69, 9.17) is 5.73 Å². The Morgan fingerprint density at radius 3 is 2.33 bits per heavy atom. The van der Waals surface area contributed by atoms with Crippen molar-refractivity contribution in [3.05, 3.63) is 71.9 Å². The first-order valence-corrected chi connectivity index (χ1v) is 8.77. The first kappa shape index (κ1) is 18.4. The standard InChI is InChI=1S/C21H22N4O2/c1-14(2)15-8-10-16(11-9-15)20-18(21(27)23-12-19(22)26)13-25(24-20)17-6-4-3-5-7-17/h3-11,13-14H,12H2,1-2H3,(H2,22,26)(H,23,27). The number of nitrogens with two attached hydrogens (primary N) is 1. The fourth-order valence-corrected chi connectivity index (χ4v) is 2.75. The van der Waals surface area contributed by atoms with E-state index in [-0.39, 0.29) is 12.5 Å². The van der Waals surface area contributed by atoms with Crippen molar-refractivity contribution < 1.29 is 9.59 Å². The molecule has 1 aromatic heterocycles. The van der Waals surface area contributed by atoms with Crippen LogP contribution in [0.25, 0.3) is 16.9 Å². The van der Waals surface area contributed by atoms with Gasteiger partial charge in [-0.25, -0.2) is 4.68 Å². The molecular formula is C21H22N4O2. The lowest BCUT2D eigenvalue weighted by atomic mass is 10.00. The summed E-state index contributed by atoms with van der Waals surface area (Å²) in [6.07, 6.45) is 1.66. The summed E-state index contributed by atoms with van der Waals surface area (Å²) in [6.45, 7) is 4.03. The molecule has 0 saturated heterocycles. The van der Waals surface area contributed by atoms with Crippen molar-refractivity contribution >= 4 is 11.8 Å². The third-order valence-electron chi connectivity index (χ3n) is 4.25. The summed E-state index contributed by atoms with van der Waals surface area (Å²) < 4.78 is 1.66. The Morgan fingerprint density at radius 2 is 1.74 bits per heavy atom. The molecular weight excluding hydrogens is 340 g/mol. The van der Waals surface area contributed by atoms with Gasteiger partial charge in [0.15, 0.2) is 0 Å². The van der Waals surface area contributed by atoms with E-state index < -0.39 is 5.91 Å². The van der Waals surface area contributed by atoms with Gasteiger partial charge >= 0.3 is 0 Å². The number of nitrogens with one attached hydrogen (secondary N) is 1. The largest absolute Gasteiger partial charge is 0.368 e. The predicted molar refractivity (Wildman–Crippen MR) is 105 cm³/mol. The highest BCUT2D eigenvalue weighted by molar-refractivity contribution is 6.01. The minimum Gasteiger partial charge on any atom is -0.368 e. The normalized spacial score (nSPS) is 10.8. The van der Waals surface area contributed by atoms with E-state index in [0.29, 0.717) is 17.2 Å². The Kier molecular flexibility index (Phi) is 5.35. The summed E-state index contributed by atoms with van der Waals surface area (Å²) in [4.78, 5) is 23.6. The Hall–Kier alpha value is -3.41. The van der Waals surface area contributed by atoms with E-state index in [1.807, 2.05) is 54.6 Å². The molecule has 0 atom stereocenters. The quantitative estimate of drug-likeness (QED) is 0.706. The SMILES string of the molecule is CC(C)c1ccc(-c2nn(-c3ccccc3)cc2C(=O)NCC(N)=O)cc1. The first-order valence-electron chi connectivity index (χ1n) is 8.77. The number of hydrogen-bond acceptors (Lipinski definition) is 3. The molecule has 0 spiro atoms. The molecule has 2 aromatic carbocycles. The second kappa shape index (κ2) is 7.86. The zero-order chi connectivity index (χ0) is 19.4. The van der Waals surface area contributed by atoms with Gasteiger partial charge in [0.25, 0.3) is 5.91 Å². The number of nitrogens with zero attached hydrogens (tertiary/aromatic N) is 2. The molecule has 27 heavy (non-hydrogen) atoms. The lowest BCUT2D eigenvalue weighted by Crippen LogP contribution is -2.33. The Labute approximate surface area is 158 Å².